The summed E-state index contributed by atoms with van der Waals surface area (Å²) in [5.74, 6) is 2.29. The van der Waals surface area contributed by atoms with Crippen LogP contribution in [0.15, 0.2) is 46.5 Å². The van der Waals surface area contributed by atoms with Crippen LogP contribution in [0, 0.1) is 0 Å². The van der Waals surface area contributed by atoms with Crippen LogP contribution in [0.1, 0.15) is 25.1 Å². The van der Waals surface area contributed by atoms with E-state index in [0.717, 1.165) is 17.4 Å². The highest BCUT2D eigenvalue weighted by atomic mass is 32.2. The molecule has 0 radical (unpaired) electrons. The van der Waals surface area contributed by atoms with Crippen molar-refractivity contribution < 1.29 is 19.0 Å². The van der Waals surface area contributed by atoms with Gasteiger partial charge in [-0.05, 0) is 18.6 Å². The van der Waals surface area contributed by atoms with Crippen molar-refractivity contribution in [3.63, 3.8) is 0 Å². The van der Waals surface area contributed by atoms with Crippen LogP contribution in [0.2, 0.25) is 0 Å². The molecule has 0 spiro atoms. The molecule has 0 aliphatic carbocycles. The number of nitrogens with zero attached hydrogens (tertiary/aromatic N) is 3. The first kappa shape index (κ1) is 21.0. The lowest BCUT2D eigenvalue weighted by atomic mass is 10.1. The maximum Gasteiger partial charge on any atom is 0.276 e. The van der Waals surface area contributed by atoms with Gasteiger partial charge in [-0.2, -0.15) is 0 Å². The van der Waals surface area contributed by atoms with Crippen molar-refractivity contribution in [1.82, 2.24) is 10.3 Å². The molecule has 162 valence electrons. The van der Waals surface area contributed by atoms with Gasteiger partial charge in [-0.3, -0.25) is 15.1 Å². The molecule has 0 aromatic heterocycles. The van der Waals surface area contributed by atoms with Gasteiger partial charge < -0.3 is 14.2 Å². The molecular formula is C22H24N4O4S. The summed E-state index contributed by atoms with van der Waals surface area (Å²) in [7, 11) is 4.73. The molecule has 1 amide bonds. The van der Waals surface area contributed by atoms with Crippen LogP contribution in [0.3, 0.4) is 0 Å². The number of carbonyl (C=O) groups is 1. The fourth-order valence-electron chi connectivity index (χ4n) is 3.55. The Morgan fingerprint density at radius 1 is 1.06 bits per heavy atom. The van der Waals surface area contributed by atoms with E-state index in [2.05, 4.69) is 12.2 Å². The molecular weight excluding hydrogens is 416 g/mol. The Labute approximate surface area is 184 Å². The molecule has 0 bridgehead atoms. The van der Waals surface area contributed by atoms with Crippen molar-refractivity contribution in [2.45, 2.75) is 19.5 Å². The number of para-hydroxylation sites is 1. The Kier molecular flexibility index (Phi) is 6.03. The molecule has 2 heterocycles. The predicted molar refractivity (Wildman–Crippen MR) is 120 cm³/mol. The SMILES string of the molecule is CCCSC1=NN2C(=c3ccccc3=NC2c2cc(OC)c(OC)cc2OC)C(=O)N1. The van der Waals surface area contributed by atoms with E-state index in [1.165, 1.54) is 11.8 Å². The minimum Gasteiger partial charge on any atom is -0.496 e. The highest BCUT2D eigenvalue weighted by molar-refractivity contribution is 8.13. The Balaban J connectivity index is 1.94. The van der Waals surface area contributed by atoms with E-state index in [0.29, 0.717) is 39.0 Å². The van der Waals surface area contributed by atoms with Gasteiger partial charge in [0.25, 0.3) is 5.91 Å². The number of amides is 1. The Bertz CT molecular complexity index is 1160. The van der Waals surface area contributed by atoms with Crippen LogP contribution in [0.25, 0.3) is 5.70 Å². The summed E-state index contributed by atoms with van der Waals surface area (Å²) in [4.78, 5) is 18.0. The summed E-state index contributed by atoms with van der Waals surface area (Å²) < 4.78 is 16.6. The quantitative estimate of drug-likeness (QED) is 0.740. The van der Waals surface area contributed by atoms with E-state index in [1.54, 1.807) is 32.4 Å². The van der Waals surface area contributed by atoms with Crippen molar-refractivity contribution in [2.75, 3.05) is 27.1 Å². The molecule has 1 unspecified atom stereocenters. The zero-order chi connectivity index (χ0) is 22.0. The highest BCUT2D eigenvalue weighted by Crippen LogP contribution is 2.41. The fraction of sp³-hybridized carbons (Fsp3) is 0.318. The molecule has 1 N–H and O–H groups in total. The fourth-order valence-corrected chi connectivity index (χ4v) is 4.26. The number of thioether (sulfide) groups is 1. The van der Waals surface area contributed by atoms with Crippen LogP contribution in [-0.4, -0.2) is 43.2 Å². The van der Waals surface area contributed by atoms with Gasteiger partial charge in [0.2, 0.25) is 0 Å². The van der Waals surface area contributed by atoms with Gasteiger partial charge in [-0.15, -0.1) is 5.10 Å². The normalized spacial score (nSPS) is 17.1. The molecule has 31 heavy (non-hydrogen) atoms. The number of ether oxygens (including phenoxy) is 3. The third-order valence-corrected chi connectivity index (χ3v) is 6.04. The van der Waals surface area contributed by atoms with Crippen LogP contribution < -0.4 is 30.1 Å². The number of hydrogen-bond acceptors (Lipinski definition) is 8. The van der Waals surface area contributed by atoms with Gasteiger partial charge in [-0.25, -0.2) is 5.01 Å². The predicted octanol–water partition coefficient (Wildman–Crippen LogP) is 2.00. The van der Waals surface area contributed by atoms with E-state index < -0.39 is 6.17 Å². The number of rotatable bonds is 6. The van der Waals surface area contributed by atoms with E-state index in [9.17, 15) is 4.79 Å². The monoisotopic (exact) mass is 440 g/mol. The number of methoxy groups -OCH3 is 3. The molecule has 1 atom stereocenters. The summed E-state index contributed by atoms with van der Waals surface area (Å²) in [6.45, 7) is 2.08. The van der Waals surface area contributed by atoms with Gasteiger partial charge in [0.05, 0.1) is 26.7 Å². The molecule has 8 nitrogen and oxygen atoms in total. The number of hydrazone groups is 1. The first-order chi connectivity index (χ1) is 15.1. The number of carbonyl (C=O) groups excluding carboxylic acids is 1. The molecule has 2 aromatic rings. The standard InChI is InChI=1S/C22H24N4O4S/c1-5-10-31-22-24-21(27)19-13-8-6-7-9-15(13)23-20(26(19)25-22)14-11-17(29-3)18(30-4)12-16(14)28-2/h6-9,11-12,20H,5,10H2,1-4H3,(H,24,25,27). The third-order valence-electron chi connectivity index (χ3n) is 4.97. The number of benzene rings is 2. The van der Waals surface area contributed by atoms with Crippen LogP contribution >= 0.6 is 11.8 Å². The Morgan fingerprint density at radius 2 is 1.77 bits per heavy atom. The molecule has 4 rings (SSSR count). The second-order valence-electron chi connectivity index (χ2n) is 6.87. The van der Waals surface area contributed by atoms with Crippen molar-refractivity contribution in [2.24, 2.45) is 10.1 Å². The highest BCUT2D eigenvalue weighted by Gasteiger charge is 2.36. The summed E-state index contributed by atoms with van der Waals surface area (Å²) in [6.07, 6.45) is 0.360. The lowest BCUT2D eigenvalue weighted by Gasteiger charge is -2.34. The van der Waals surface area contributed by atoms with Gasteiger partial charge in [-0.1, -0.05) is 36.9 Å². The topological polar surface area (TPSA) is 84.8 Å². The van der Waals surface area contributed by atoms with Gasteiger partial charge in [0.15, 0.2) is 22.8 Å². The van der Waals surface area contributed by atoms with E-state index in [4.69, 9.17) is 24.3 Å². The van der Waals surface area contributed by atoms with Gasteiger partial charge in [0.1, 0.15) is 11.4 Å². The second-order valence-corrected chi connectivity index (χ2v) is 7.95. The van der Waals surface area contributed by atoms with Crippen LogP contribution in [0.4, 0.5) is 0 Å². The first-order valence-electron chi connectivity index (χ1n) is 9.90. The van der Waals surface area contributed by atoms with E-state index >= 15 is 0 Å². The summed E-state index contributed by atoms with van der Waals surface area (Å²) >= 11 is 1.50. The van der Waals surface area contributed by atoms with Crippen LogP contribution in [-0.2, 0) is 4.79 Å². The van der Waals surface area contributed by atoms with Crippen LogP contribution in [0.5, 0.6) is 17.2 Å². The number of amidine groups is 1. The average molecular weight is 441 g/mol. The minimum absolute atomic E-state index is 0.208. The van der Waals surface area contributed by atoms with Crippen molar-refractivity contribution in [1.29, 1.82) is 0 Å². The second kappa shape index (κ2) is 8.89. The molecule has 9 heteroatoms. The molecule has 0 saturated carbocycles. The lowest BCUT2D eigenvalue weighted by Crippen LogP contribution is -2.50. The smallest absolute Gasteiger partial charge is 0.276 e. The maximum absolute atomic E-state index is 13.1. The lowest BCUT2D eigenvalue weighted by molar-refractivity contribution is -0.116. The van der Waals surface area contributed by atoms with Gasteiger partial charge in [0, 0.05) is 22.6 Å². The van der Waals surface area contributed by atoms with Crippen molar-refractivity contribution in [3.05, 3.63) is 52.5 Å². The Morgan fingerprint density at radius 3 is 2.48 bits per heavy atom. The van der Waals surface area contributed by atoms with Gasteiger partial charge >= 0.3 is 0 Å². The first-order valence-corrected chi connectivity index (χ1v) is 10.9. The zero-order valence-electron chi connectivity index (χ0n) is 17.8. The van der Waals surface area contributed by atoms with E-state index in [-0.39, 0.29) is 5.91 Å². The van der Waals surface area contributed by atoms with E-state index in [1.807, 2.05) is 30.3 Å². The average Bonchev–Trinajstić information content (AvgIpc) is 2.81. The largest absolute Gasteiger partial charge is 0.496 e. The minimum atomic E-state index is -0.608. The molecule has 2 aromatic carbocycles. The third kappa shape index (κ3) is 3.81. The molecule has 0 fully saturated rings. The number of nitrogens with one attached hydrogen (secondary N) is 1. The summed E-state index contributed by atoms with van der Waals surface area (Å²) in [5, 5.41) is 11.3. The number of hydrogen-bond donors (Lipinski definition) is 1. The Hall–Kier alpha value is -3.20. The zero-order valence-corrected chi connectivity index (χ0v) is 18.7. The summed E-state index contributed by atoms with van der Waals surface area (Å²) in [5.41, 5.74) is 1.17. The number of fused-ring (bicyclic) bond motifs is 2. The van der Waals surface area contributed by atoms with Crippen molar-refractivity contribution in [3.8, 4) is 17.2 Å². The maximum atomic E-state index is 13.1. The molecule has 2 aliphatic rings. The molecule has 2 aliphatic heterocycles. The van der Waals surface area contributed by atoms with Crippen molar-refractivity contribution >= 4 is 28.5 Å². The summed E-state index contributed by atoms with van der Waals surface area (Å²) in [6, 6.07) is 11.1. The molecule has 0 saturated heterocycles.